The van der Waals surface area contributed by atoms with Gasteiger partial charge in [-0.25, -0.2) is 0 Å². The molecule has 0 saturated heterocycles. The monoisotopic (exact) mass is 183 g/mol. The normalized spacial score (nSPS) is 13.7. The van der Waals surface area contributed by atoms with E-state index >= 15 is 0 Å². The van der Waals surface area contributed by atoms with Crippen LogP contribution in [-0.2, 0) is 6.42 Å². The topological polar surface area (TPSA) is 22.1 Å². The highest BCUT2D eigenvalue weighted by molar-refractivity contribution is 5.86. The lowest BCUT2D eigenvalue weighted by molar-refractivity contribution is 0.470. The van der Waals surface area contributed by atoms with Crippen LogP contribution in [0.15, 0.2) is 42.8 Å². The number of ether oxygens (including phenoxy) is 1. The Morgan fingerprint density at radius 2 is 2.14 bits per heavy atom. The van der Waals surface area contributed by atoms with Gasteiger partial charge >= 0.3 is 0 Å². The molecule has 2 heteroatoms. The molecule has 0 unspecified atom stereocenters. The highest BCUT2D eigenvalue weighted by Crippen LogP contribution is 2.30. The van der Waals surface area contributed by atoms with Crippen molar-refractivity contribution in [3.63, 3.8) is 0 Å². The summed E-state index contributed by atoms with van der Waals surface area (Å²) < 4.78 is 5.52. The van der Waals surface area contributed by atoms with E-state index in [1.165, 1.54) is 0 Å². The van der Waals surface area contributed by atoms with Crippen LogP contribution >= 0.6 is 0 Å². The average molecular weight is 183 g/mol. The van der Waals surface area contributed by atoms with E-state index in [9.17, 15) is 0 Å². The molecule has 1 aromatic heterocycles. The molecule has 14 heavy (non-hydrogen) atoms. The van der Waals surface area contributed by atoms with Gasteiger partial charge in [-0.3, -0.25) is 4.98 Å². The minimum Gasteiger partial charge on any atom is -0.464 e. The number of benzene rings is 1. The molecule has 1 aliphatic rings. The number of aromatic nitrogens is 1. The van der Waals surface area contributed by atoms with Gasteiger partial charge in [0.2, 0.25) is 0 Å². The summed E-state index contributed by atoms with van der Waals surface area (Å²) in [6, 6.07) is 8.03. The third-order valence-corrected chi connectivity index (χ3v) is 2.42. The van der Waals surface area contributed by atoms with E-state index in [2.05, 4.69) is 4.98 Å². The van der Waals surface area contributed by atoms with E-state index in [-0.39, 0.29) is 0 Å². The van der Waals surface area contributed by atoms with E-state index in [1.54, 1.807) is 6.26 Å². The molecule has 2 aromatic rings. The van der Waals surface area contributed by atoms with Gasteiger partial charge in [-0.2, -0.15) is 0 Å². The molecule has 0 fully saturated rings. The van der Waals surface area contributed by atoms with Crippen LogP contribution in [0, 0.1) is 0 Å². The maximum Gasteiger partial charge on any atom is 0.140 e. The van der Waals surface area contributed by atoms with Crippen molar-refractivity contribution in [1.29, 1.82) is 0 Å². The van der Waals surface area contributed by atoms with Crippen molar-refractivity contribution in [3.8, 4) is 5.75 Å². The smallest absolute Gasteiger partial charge is 0.140 e. The molecule has 0 spiro atoms. The summed E-state index contributed by atoms with van der Waals surface area (Å²) in [4.78, 5) is 4.38. The largest absolute Gasteiger partial charge is 0.464 e. The van der Waals surface area contributed by atoms with Crippen LogP contribution in [0.5, 0.6) is 5.75 Å². The first-order chi connectivity index (χ1) is 6.95. The van der Waals surface area contributed by atoms with Gasteiger partial charge in [-0.1, -0.05) is 12.1 Å². The van der Waals surface area contributed by atoms with Gasteiger partial charge in [0.1, 0.15) is 5.75 Å². The first-order valence-corrected chi connectivity index (χ1v) is 4.63. The second-order valence-corrected chi connectivity index (χ2v) is 3.32. The molecular formula is C12H9NO. The van der Waals surface area contributed by atoms with Gasteiger partial charge in [0.05, 0.1) is 11.8 Å². The Morgan fingerprint density at radius 3 is 3.14 bits per heavy atom. The van der Waals surface area contributed by atoms with Crippen LogP contribution in [0.2, 0.25) is 0 Å². The third kappa shape index (κ3) is 1.01. The standard InChI is InChI=1S/C12H9NO/c1-2-6-11-10(5-1)12-9(8-13-11)4-3-7-14-12/h1-3,5-8H,4H2. The summed E-state index contributed by atoms with van der Waals surface area (Å²) >= 11 is 0. The van der Waals surface area contributed by atoms with E-state index < -0.39 is 0 Å². The molecular weight excluding hydrogens is 174 g/mol. The highest BCUT2D eigenvalue weighted by atomic mass is 16.5. The Labute approximate surface area is 81.8 Å². The summed E-state index contributed by atoms with van der Waals surface area (Å²) in [6.07, 6.45) is 6.54. The Balaban J connectivity index is 2.37. The minimum atomic E-state index is 0.910. The summed E-state index contributed by atoms with van der Waals surface area (Å²) in [5.74, 6) is 0.957. The van der Waals surface area contributed by atoms with Gasteiger partial charge in [0.15, 0.2) is 0 Å². The van der Waals surface area contributed by atoms with Gasteiger partial charge in [-0.05, 0) is 24.6 Å². The second kappa shape index (κ2) is 2.84. The van der Waals surface area contributed by atoms with Crippen molar-refractivity contribution in [2.24, 2.45) is 0 Å². The Morgan fingerprint density at radius 1 is 1.21 bits per heavy atom. The molecule has 0 amide bonds. The molecule has 1 aliphatic heterocycles. The lowest BCUT2D eigenvalue weighted by Crippen LogP contribution is -1.98. The number of hydrogen-bond donors (Lipinski definition) is 0. The van der Waals surface area contributed by atoms with Crippen molar-refractivity contribution < 1.29 is 4.74 Å². The molecule has 0 bridgehead atoms. The average Bonchev–Trinajstić information content (AvgIpc) is 2.29. The van der Waals surface area contributed by atoms with Crippen LogP contribution in [0.25, 0.3) is 10.9 Å². The van der Waals surface area contributed by atoms with Crippen molar-refractivity contribution in [2.75, 3.05) is 0 Å². The molecule has 1 aromatic carbocycles. The molecule has 2 nitrogen and oxygen atoms in total. The third-order valence-electron chi connectivity index (χ3n) is 2.42. The summed E-state index contributed by atoms with van der Waals surface area (Å²) in [5, 5.41) is 1.09. The van der Waals surface area contributed by atoms with E-state index in [0.29, 0.717) is 0 Å². The Bertz CT molecular complexity index is 517. The molecule has 0 aliphatic carbocycles. The zero-order valence-corrected chi connectivity index (χ0v) is 7.60. The van der Waals surface area contributed by atoms with E-state index in [4.69, 9.17) is 4.74 Å². The lowest BCUT2D eigenvalue weighted by atomic mass is 10.1. The van der Waals surface area contributed by atoms with Crippen LogP contribution < -0.4 is 4.74 Å². The second-order valence-electron chi connectivity index (χ2n) is 3.32. The zero-order chi connectivity index (χ0) is 9.38. The number of fused-ring (bicyclic) bond motifs is 3. The maximum atomic E-state index is 5.52. The molecule has 3 rings (SSSR count). The van der Waals surface area contributed by atoms with Crippen molar-refractivity contribution in [1.82, 2.24) is 4.98 Å². The van der Waals surface area contributed by atoms with Gasteiger partial charge in [0.25, 0.3) is 0 Å². The fourth-order valence-electron chi connectivity index (χ4n) is 1.73. The number of pyridine rings is 1. The van der Waals surface area contributed by atoms with Crippen molar-refractivity contribution in [3.05, 3.63) is 48.4 Å². The maximum absolute atomic E-state index is 5.52. The molecule has 0 N–H and O–H groups in total. The zero-order valence-electron chi connectivity index (χ0n) is 7.60. The van der Waals surface area contributed by atoms with Crippen molar-refractivity contribution in [2.45, 2.75) is 6.42 Å². The van der Waals surface area contributed by atoms with Crippen LogP contribution in [0.3, 0.4) is 0 Å². The summed E-state index contributed by atoms with van der Waals surface area (Å²) in [5.41, 5.74) is 2.15. The number of rotatable bonds is 0. The number of hydrogen-bond acceptors (Lipinski definition) is 2. The minimum absolute atomic E-state index is 0.910. The van der Waals surface area contributed by atoms with Gasteiger partial charge in [0, 0.05) is 17.1 Å². The molecule has 2 heterocycles. The van der Waals surface area contributed by atoms with Crippen molar-refractivity contribution >= 4 is 10.9 Å². The van der Waals surface area contributed by atoms with Gasteiger partial charge in [-0.15, -0.1) is 0 Å². The fourth-order valence-corrected chi connectivity index (χ4v) is 1.73. The van der Waals surface area contributed by atoms with Crippen LogP contribution in [0.4, 0.5) is 0 Å². The van der Waals surface area contributed by atoms with Gasteiger partial charge < -0.3 is 4.74 Å². The number of nitrogens with zero attached hydrogens (tertiary/aromatic N) is 1. The number of allylic oxidation sites excluding steroid dienone is 1. The summed E-state index contributed by atoms with van der Waals surface area (Å²) in [6.45, 7) is 0. The van der Waals surface area contributed by atoms with Crippen LogP contribution in [-0.4, -0.2) is 4.98 Å². The first kappa shape index (κ1) is 7.56. The number of para-hydroxylation sites is 1. The molecule has 68 valence electrons. The predicted octanol–water partition coefficient (Wildman–Crippen LogP) is 2.68. The fraction of sp³-hybridized carbons (Fsp3) is 0.0833. The Hall–Kier alpha value is -1.83. The first-order valence-electron chi connectivity index (χ1n) is 4.63. The Kier molecular flexibility index (Phi) is 1.53. The van der Waals surface area contributed by atoms with Crippen LogP contribution in [0.1, 0.15) is 5.56 Å². The highest BCUT2D eigenvalue weighted by Gasteiger charge is 2.10. The molecule has 0 saturated carbocycles. The predicted molar refractivity (Wildman–Crippen MR) is 55.2 cm³/mol. The quantitative estimate of drug-likeness (QED) is 0.626. The van der Waals surface area contributed by atoms with E-state index in [1.807, 2.05) is 36.5 Å². The SMILES string of the molecule is C1=COc2c(cnc3ccccc23)C1. The lowest BCUT2D eigenvalue weighted by Gasteiger charge is -2.13. The molecule has 0 atom stereocenters. The van der Waals surface area contributed by atoms with E-state index in [0.717, 1.165) is 28.6 Å². The molecule has 0 radical (unpaired) electrons. The summed E-state index contributed by atoms with van der Waals surface area (Å²) in [7, 11) is 0.